The minimum atomic E-state index is -0.493. The summed E-state index contributed by atoms with van der Waals surface area (Å²) in [6.07, 6.45) is 4.98. The molecule has 1 aromatic carbocycles. The van der Waals surface area contributed by atoms with E-state index in [1.165, 1.54) is 0 Å². The van der Waals surface area contributed by atoms with E-state index >= 15 is 4.39 Å². The lowest BCUT2D eigenvalue weighted by atomic mass is 9.88. The second-order valence-electron chi connectivity index (χ2n) is 10.1. The molecule has 3 aliphatic heterocycles. The lowest BCUT2D eigenvalue weighted by Gasteiger charge is -2.46. The maximum Gasteiger partial charge on any atom is 0.151 e. The van der Waals surface area contributed by atoms with Crippen molar-refractivity contribution in [2.45, 2.75) is 62.8 Å². The fourth-order valence-electron chi connectivity index (χ4n) is 6.19. The molecule has 6 atom stereocenters. The SMILES string of the molecule is CN1CCO[C@@H]2CCN(c3ccc(C[C@@H](C#N)CC(=O)[C@H]4N[C@@H]5CC[C@H]4C5)c(F)c3)C[C@@H]21. The maximum absolute atomic E-state index is 15.0. The lowest BCUT2D eigenvalue weighted by molar-refractivity contribution is -0.122. The van der Waals surface area contributed by atoms with E-state index in [-0.39, 0.29) is 36.6 Å². The number of halogens is 1. The summed E-state index contributed by atoms with van der Waals surface area (Å²) in [6, 6.07) is 8.26. The summed E-state index contributed by atoms with van der Waals surface area (Å²) in [7, 11) is 2.13. The van der Waals surface area contributed by atoms with E-state index in [4.69, 9.17) is 4.74 Å². The molecule has 1 saturated carbocycles. The highest BCUT2D eigenvalue weighted by Crippen LogP contribution is 2.36. The molecule has 5 rings (SSSR count). The molecule has 1 N–H and O–H groups in total. The number of nitrogens with one attached hydrogen (secondary N) is 1. The van der Waals surface area contributed by atoms with Crippen LogP contribution in [-0.2, 0) is 16.0 Å². The highest BCUT2D eigenvalue weighted by Gasteiger charge is 2.42. The zero-order valence-corrected chi connectivity index (χ0v) is 18.8. The molecule has 172 valence electrons. The number of carbonyl (C=O) groups excluding carboxylic acids is 1. The summed E-state index contributed by atoms with van der Waals surface area (Å²) in [5, 5.41) is 13.0. The quantitative estimate of drug-likeness (QED) is 0.733. The van der Waals surface area contributed by atoms with E-state index < -0.39 is 5.92 Å². The third-order valence-corrected chi connectivity index (χ3v) is 8.07. The van der Waals surface area contributed by atoms with Crippen LogP contribution in [0.5, 0.6) is 0 Å². The maximum atomic E-state index is 15.0. The number of carbonyl (C=O) groups is 1. The smallest absolute Gasteiger partial charge is 0.151 e. The Bertz CT molecular complexity index is 902. The van der Waals surface area contributed by atoms with Gasteiger partial charge in [-0.05, 0) is 62.8 Å². The molecule has 3 heterocycles. The number of hydrogen-bond acceptors (Lipinski definition) is 6. The van der Waals surface area contributed by atoms with Crippen LogP contribution >= 0.6 is 0 Å². The topological polar surface area (TPSA) is 68.6 Å². The van der Waals surface area contributed by atoms with Crippen LogP contribution < -0.4 is 10.2 Å². The molecule has 0 aromatic heterocycles. The molecule has 1 aliphatic carbocycles. The largest absolute Gasteiger partial charge is 0.375 e. The average Bonchev–Trinajstić information content (AvgIpc) is 3.44. The second kappa shape index (κ2) is 9.09. The highest BCUT2D eigenvalue weighted by molar-refractivity contribution is 5.85. The van der Waals surface area contributed by atoms with Gasteiger partial charge in [-0.2, -0.15) is 5.26 Å². The van der Waals surface area contributed by atoms with Crippen molar-refractivity contribution in [3.63, 3.8) is 0 Å². The molecule has 0 amide bonds. The van der Waals surface area contributed by atoms with E-state index in [0.717, 1.165) is 57.6 Å². The number of Topliss-reactive ketones (excluding diaryl/α,β-unsaturated/α-hetero) is 1. The Kier molecular flexibility index (Phi) is 6.20. The average molecular weight is 441 g/mol. The van der Waals surface area contributed by atoms with Gasteiger partial charge in [0.1, 0.15) is 5.82 Å². The number of rotatable bonds is 6. The fourth-order valence-corrected chi connectivity index (χ4v) is 6.19. The Labute approximate surface area is 189 Å². The van der Waals surface area contributed by atoms with Gasteiger partial charge < -0.3 is 15.0 Å². The minimum absolute atomic E-state index is 0.110. The molecule has 2 bridgehead atoms. The zero-order valence-electron chi connectivity index (χ0n) is 18.8. The van der Waals surface area contributed by atoms with Gasteiger partial charge in [-0.25, -0.2) is 4.39 Å². The summed E-state index contributed by atoms with van der Waals surface area (Å²) in [4.78, 5) is 17.3. The van der Waals surface area contributed by atoms with Gasteiger partial charge in [0.05, 0.1) is 36.8 Å². The van der Waals surface area contributed by atoms with Crippen LogP contribution in [0.25, 0.3) is 0 Å². The number of fused-ring (bicyclic) bond motifs is 3. The Balaban J connectivity index is 1.21. The molecule has 32 heavy (non-hydrogen) atoms. The minimum Gasteiger partial charge on any atom is -0.375 e. The number of nitriles is 1. The van der Waals surface area contributed by atoms with Gasteiger partial charge in [-0.1, -0.05) is 6.07 Å². The van der Waals surface area contributed by atoms with Crippen LogP contribution in [0.4, 0.5) is 10.1 Å². The van der Waals surface area contributed by atoms with Crippen molar-refractivity contribution in [1.82, 2.24) is 10.2 Å². The van der Waals surface area contributed by atoms with Crippen LogP contribution in [0.1, 0.15) is 37.7 Å². The third-order valence-electron chi connectivity index (χ3n) is 8.07. The van der Waals surface area contributed by atoms with Crippen LogP contribution in [0, 0.1) is 29.0 Å². The first kappa shape index (κ1) is 21.8. The van der Waals surface area contributed by atoms with E-state index in [0.29, 0.717) is 23.6 Å². The summed E-state index contributed by atoms with van der Waals surface area (Å²) >= 11 is 0. The molecule has 4 aliphatic rings. The Hall–Kier alpha value is -2.01. The predicted molar refractivity (Wildman–Crippen MR) is 120 cm³/mol. The van der Waals surface area contributed by atoms with Crippen molar-refractivity contribution in [1.29, 1.82) is 5.26 Å². The van der Waals surface area contributed by atoms with Gasteiger partial charge in [0, 0.05) is 37.8 Å². The number of hydrogen-bond donors (Lipinski definition) is 1. The predicted octanol–water partition coefficient (Wildman–Crippen LogP) is 2.52. The van der Waals surface area contributed by atoms with Crippen molar-refractivity contribution >= 4 is 11.5 Å². The molecule has 7 heteroatoms. The van der Waals surface area contributed by atoms with Crippen molar-refractivity contribution in [3.05, 3.63) is 29.6 Å². The van der Waals surface area contributed by atoms with Crippen LogP contribution in [0.2, 0.25) is 0 Å². The summed E-state index contributed by atoms with van der Waals surface area (Å²) < 4.78 is 20.9. The Morgan fingerprint density at radius 2 is 2.22 bits per heavy atom. The molecular formula is C25H33FN4O2. The van der Waals surface area contributed by atoms with Gasteiger partial charge in [0.25, 0.3) is 0 Å². The van der Waals surface area contributed by atoms with Crippen LogP contribution in [0.15, 0.2) is 18.2 Å². The van der Waals surface area contributed by atoms with Gasteiger partial charge in [0.15, 0.2) is 5.78 Å². The fraction of sp³-hybridized carbons (Fsp3) is 0.680. The first-order valence-electron chi connectivity index (χ1n) is 12.1. The molecule has 3 saturated heterocycles. The van der Waals surface area contributed by atoms with Crippen molar-refractivity contribution in [2.75, 3.05) is 38.2 Å². The van der Waals surface area contributed by atoms with Gasteiger partial charge in [0.2, 0.25) is 0 Å². The molecule has 4 fully saturated rings. The number of morpholine rings is 1. The molecular weight excluding hydrogens is 407 g/mol. The number of ether oxygens (including phenoxy) is 1. The third kappa shape index (κ3) is 4.28. The highest BCUT2D eigenvalue weighted by atomic mass is 19.1. The van der Waals surface area contributed by atoms with E-state index in [1.54, 1.807) is 12.1 Å². The molecule has 0 spiro atoms. The number of benzene rings is 1. The first-order valence-corrected chi connectivity index (χ1v) is 12.1. The summed E-state index contributed by atoms with van der Waals surface area (Å²) in [5.74, 6) is -0.251. The standard InChI is InChI=1S/C25H33FN4O2/c1-29-8-9-32-24-6-7-30(15-22(24)29)20-5-3-17(21(26)13-20)10-16(14-27)11-23(31)25-18-2-4-19(12-18)28-25/h3,5,13,16,18-19,22,24-25,28H,2,4,6-12,15H2,1H3/t16-,18+,19-,22+,24-,25+/m1/s1. The van der Waals surface area contributed by atoms with Gasteiger partial charge in [-0.15, -0.1) is 0 Å². The number of anilines is 1. The normalized spacial score (nSPS) is 33.0. The number of piperidine rings is 2. The van der Waals surface area contributed by atoms with Crippen molar-refractivity contribution in [3.8, 4) is 6.07 Å². The number of likely N-dealkylation sites (N-methyl/N-ethyl adjacent to an activating group) is 1. The number of ketones is 1. The Morgan fingerprint density at radius 1 is 1.34 bits per heavy atom. The van der Waals surface area contributed by atoms with Gasteiger partial charge >= 0.3 is 0 Å². The van der Waals surface area contributed by atoms with E-state index in [9.17, 15) is 10.1 Å². The molecule has 1 aromatic rings. The van der Waals surface area contributed by atoms with E-state index in [1.807, 2.05) is 6.07 Å². The summed E-state index contributed by atoms with van der Waals surface area (Å²) in [6.45, 7) is 3.38. The molecule has 6 nitrogen and oxygen atoms in total. The summed E-state index contributed by atoms with van der Waals surface area (Å²) in [5.41, 5.74) is 1.39. The van der Waals surface area contributed by atoms with Crippen molar-refractivity contribution < 1.29 is 13.9 Å². The van der Waals surface area contributed by atoms with E-state index in [2.05, 4.69) is 28.2 Å². The zero-order chi connectivity index (χ0) is 22.2. The van der Waals surface area contributed by atoms with Crippen LogP contribution in [-0.4, -0.2) is 68.2 Å². The number of nitrogens with zero attached hydrogens (tertiary/aromatic N) is 3. The molecule has 0 radical (unpaired) electrons. The second-order valence-corrected chi connectivity index (χ2v) is 10.1. The van der Waals surface area contributed by atoms with Crippen molar-refractivity contribution in [2.24, 2.45) is 11.8 Å². The monoisotopic (exact) mass is 440 g/mol. The first-order chi connectivity index (χ1) is 15.5. The van der Waals surface area contributed by atoms with Gasteiger partial charge in [-0.3, -0.25) is 9.69 Å². The van der Waals surface area contributed by atoms with Crippen LogP contribution in [0.3, 0.4) is 0 Å². The Morgan fingerprint density at radius 3 is 2.94 bits per heavy atom. The lowest BCUT2D eigenvalue weighted by Crippen LogP contribution is -2.58. The molecule has 0 unspecified atom stereocenters.